The Bertz CT molecular complexity index is 775. The van der Waals surface area contributed by atoms with Crippen LogP contribution < -0.4 is 9.47 Å². The number of methoxy groups -OCH3 is 2. The van der Waals surface area contributed by atoms with E-state index < -0.39 is 0 Å². The Morgan fingerprint density at radius 3 is 2.75 bits per heavy atom. The van der Waals surface area contributed by atoms with E-state index in [1.807, 2.05) is 18.2 Å². The zero-order chi connectivity index (χ0) is 16.9. The number of aromatic amines is 1. The van der Waals surface area contributed by atoms with E-state index in [1.165, 1.54) is 19.3 Å². The van der Waals surface area contributed by atoms with Gasteiger partial charge in [0.25, 0.3) is 0 Å². The number of benzene rings is 1. The van der Waals surface area contributed by atoms with Crippen LogP contribution in [0.25, 0.3) is 0 Å². The summed E-state index contributed by atoms with van der Waals surface area (Å²) in [4.78, 5) is 0. The summed E-state index contributed by atoms with van der Waals surface area (Å²) in [5, 5.41) is 11.8. The SMILES string of the molecule is COc1ccc(OC)c(C=Nn2c(C3CCCCC3)n[nH]c2=S)c1. The molecule has 0 spiro atoms. The van der Waals surface area contributed by atoms with Crippen LogP contribution in [0.15, 0.2) is 23.3 Å². The smallest absolute Gasteiger partial charge is 0.216 e. The van der Waals surface area contributed by atoms with Crippen LogP contribution in [0.5, 0.6) is 11.5 Å². The summed E-state index contributed by atoms with van der Waals surface area (Å²) >= 11 is 5.34. The van der Waals surface area contributed by atoms with Gasteiger partial charge in [-0.15, -0.1) is 0 Å². The molecular weight excluding hydrogens is 324 g/mol. The fourth-order valence-electron chi connectivity index (χ4n) is 3.10. The van der Waals surface area contributed by atoms with Crippen LogP contribution in [0.3, 0.4) is 0 Å². The van der Waals surface area contributed by atoms with Crippen molar-refractivity contribution in [3.63, 3.8) is 0 Å². The Hall–Kier alpha value is -2.15. The first-order valence-corrected chi connectivity index (χ1v) is 8.57. The molecule has 0 aliphatic heterocycles. The second kappa shape index (κ2) is 7.61. The molecule has 0 amide bonds. The van der Waals surface area contributed by atoms with Crippen LogP contribution in [-0.4, -0.2) is 35.3 Å². The lowest BCUT2D eigenvalue weighted by Gasteiger charge is -2.19. The summed E-state index contributed by atoms with van der Waals surface area (Å²) in [6, 6.07) is 5.59. The maximum absolute atomic E-state index is 5.39. The standard InChI is InChI=1S/C17H22N4O2S/c1-22-14-8-9-15(23-2)13(10-14)11-18-21-16(19-20-17(21)24)12-6-4-3-5-7-12/h8-12H,3-7H2,1-2H3,(H,20,24). The van der Waals surface area contributed by atoms with Crippen LogP contribution in [0.1, 0.15) is 49.4 Å². The van der Waals surface area contributed by atoms with Gasteiger partial charge in [-0.3, -0.25) is 5.10 Å². The second-order valence-corrected chi connectivity index (χ2v) is 6.27. The maximum atomic E-state index is 5.39. The van der Waals surface area contributed by atoms with E-state index in [4.69, 9.17) is 21.7 Å². The number of hydrogen-bond acceptors (Lipinski definition) is 5. The maximum Gasteiger partial charge on any atom is 0.216 e. The predicted octanol–water partition coefficient (Wildman–Crippen LogP) is 3.89. The zero-order valence-corrected chi connectivity index (χ0v) is 14.8. The Morgan fingerprint density at radius 1 is 1.25 bits per heavy atom. The average Bonchev–Trinajstić information content (AvgIpc) is 3.01. The molecule has 1 N–H and O–H groups in total. The van der Waals surface area contributed by atoms with Gasteiger partial charge in [-0.2, -0.15) is 14.9 Å². The van der Waals surface area contributed by atoms with Gasteiger partial charge in [0.15, 0.2) is 5.82 Å². The molecule has 0 bridgehead atoms. The third-order valence-corrected chi connectivity index (χ3v) is 4.66. The molecule has 2 aromatic rings. The molecule has 1 heterocycles. The van der Waals surface area contributed by atoms with Crippen molar-refractivity contribution in [2.24, 2.45) is 5.10 Å². The summed E-state index contributed by atoms with van der Waals surface area (Å²) in [6.45, 7) is 0. The lowest BCUT2D eigenvalue weighted by atomic mass is 9.89. The van der Waals surface area contributed by atoms with Gasteiger partial charge in [0.2, 0.25) is 4.77 Å². The van der Waals surface area contributed by atoms with Crippen molar-refractivity contribution in [1.29, 1.82) is 0 Å². The van der Waals surface area contributed by atoms with Gasteiger partial charge in [0.05, 0.1) is 20.4 Å². The second-order valence-electron chi connectivity index (χ2n) is 5.89. The highest BCUT2D eigenvalue weighted by molar-refractivity contribution is 7.71. The highest BCUT2D eigenvalue weighted by atomic mass is 32.1. The number of H-pyrrole nitrogens is 1. The minimum Gasteiger partial charge on any atom is -0.497 e. The molecule has 0 atom stereocenters. The van der Waals surface area contributed by atoms with E-state index in [0.717, 1.165) is 35.7 Å². The Morgan fingerprint density at radius 2 is 2.04 bits per heavy atom. The molecule has 0 unspecified atom stereocenters. The minimum absolute atomic E-state index is 0.413. The number of nitrogens with one attached hydrogen (secondary N) is 1. The number of rotatable bonds is 5. The molecule has 6 nitrogen and oxygen atoms in total. The van der Waals surface area contributed by atoms with E-state index in [-0.39, 0.29) is 0 Å². The molecule has 0 saturated heterocycles. The molecule has 0 radical (unpaired) electrons. The van der Waals surface area contributed by atoms with Crippen molar-refractivity contribution >= 4 is 18.4 Å². The van der Waals surface area contributed by atoms with Gasteiger partial charge >= 0.3 is 0 Å². The molecule has 1 aromatic carbocycles. The van der Waals surface area contributed by atoms with Crippen LogP contribution in [0.2, 0.25) is 0 Å². The van der Waals surface area contributed by atoms with E-state index in [2.05, 4.69) is 15.3 Å². The number of ether oxygens (including phenoxy) is 2. The summed E-state index contributed by atoms with van der Waals surface area (Å²) in [5.41, 5.74) is 0.828. The van der Waals surface area contributed by atoms with Crippen molar-refractivity contribution in [3.05, 3.63) is 34.4 Å². The fourth-order valence-corrected chi connectivity index (χ4v) is 3.29. The fraction of sp³-hybridized carbons (Fsp3) is 0.471. The monoisotopic (exact) mass is 346 g/mol. The van der Waals surface area contributed by atoms with Gasteiger partial charge in [0, 0.05) is 11.5 Å². The van der Waals surface area contributed by atoms with Crippen LogP contribution in [-0.2, 0) is 0 Å². The quantitative estimate of drug-likeness (QED) is 0.659. The zero-order valence-electron chi connectivity index (χ0n) is 14.0. The molecule has 3 rings (SSSR count). The number of aromatic nitrogens is 3. The minimum atomic E-state index is 0.413. The van der Waals surface area contributed by atoms with Crippen molar-refractivity contribution in [2.45, 2.75) is 38.0 Å². The molecule has 1 saturated carbocycles. The highest BCUT2D eigenvalue weighted by Crippen LogP contribution is 2.31. The molecule has 7 heteroatoms. The van der Waals surface area contributed by atoms with Crippen molar-refractivity contribution < 1.29 is 9.47 Å². The molecule has 24 heavy (non-hydrogen) atoms. The van der Waals surface area contributed by atoms with E-state index >= 15 is 0 Å². The van der Waals surface area contributed by atoms with Crippen LogP contribution in [0.4, 0.5) is 0 Å². The summed E-state index contributed by atoms with van der Waals surface area (Å²) < 4.78 is 12.9. The molecule has 1 fully saturated rings. The van der Waals surface area contributed by atoms with Crippen LogP contribution in [0, 0.1) is 4.77 Å². The molecule has 128 valence electrons. The summed E-state index contributed by atoms with van der Waals surface area (Å²) in [7, 11) is 3.27. The van der Waals surface area contributed by atoms with E-state index in [0.29, 0.717) is 10.7 Å². The van der Waals surface area contributed by atoms with Crippen molar-refractivity contribution in [1.82, 2.24) is 14.9 Å². The lowest BCUT2D eigenvalue weighted by Crippen LogP contribution is -2.10. The van der Waals surface area contributed by atoms with Gasteiger partial charge in [-0.1, -0.05) is 19.3 Å². The Labute approximate surface area is 146 Å². The third-order valence-electron chi connectivity index (χ3n) is 4.39. The average molecular weight is 346 g/mol. The van der Waals surface area contributed by atoms with Gasteiger partial charge in [0.1, 0.15) is 11.5 Å². The third kappa shape index (κ3) is 3.51. The number of hydrogen-bond donors (Lipinski definition) is 1. The Balaban J connectivity index is 1.92. The topological polar surface area (TPSA) is 64.4 Å². The van der Waals surface area contributed by atoms with Crippen LogP contribution >= 0.6 is 12.2 Å². The van der Waals surface area contributed by atoms with E-state index in [1.54, 1.807) is 25.1 Å². The molecule has 1 aliphatic rings. The largest absolute Gasteiger partial charge is 0.497 e. The normalized spacial score (nSPS) is 15.8. The molecular formula is C17H22N4O2S. The van der Waals surface area contributed by atoms with Crippen molar-refractivity contribution in [3.8, 4) is 11.5 Å². The summed E-state index contributed by atoms with van der Waals surface area (Å²) in [5.74, 6) is 2.81. The van der Waals surface area contributed by atoms with Gasteiger partial charge < -0.3 is 9.47 Å². The molecule has 1 aliphatic carbocycles. The predicted molar refractivity (Wildman–Crippen MR) is 95.8 cm³/mol. The van der Waals surface area contributed by atoms with E-state index in [9.17, 15) is 0 Å². The van der Waals surface area contributed by atoms with Gasteiger partial charge in [-0.05, 0) is 43.3 Å². The summed E-state index contributed by atoms with van der Waals surface area (Å²) in [6.07, 6.45) is 7.77. The van der Waals surface area contributed by atoms with Crippen molar-refractivity contribution in [2.75, 3.05) is 14.2 Å². The number of nitrogens with zero attached hydrogens (tertiary/aromatic N) is 3. The Kier molecular flexibility index (Phi) is 5.30. The first-order valence-electron chi connectivity index (χ1n) is 8.16. The first kappa shape index (κ1) is 16.7. The van der Waals surface area contributed by atoms with Gasteiger partial charge in [-0.25, -0.2) is 0 Å². The highest BCUT2D eigenvalue weighted by Gasteiger charge is 2.21. The molecule has 1 aromatic heterocycles. The lowest BCUT2D eigenvalue weighted by molar-refractivity contribution is 0.402. The first-order chi connectivity index (χ1) is 11.7.